The van der Waals surface area contributed by atoms with Gasteiger partial charge in [-0.2, -0.15) is 0 Å². The van der Waals surface area contributed by atoms with Gasteiger partial charge < -0.3 is 0 Å². The Hall–Kier alpha value is -3.00. The first kappa shape index (κ1) is 14.9. The normalized spacial score (nSPS) is 15.4. The zero-order chi connectivity index (χ0) is 19.7. The Labute approximate surface area is 166 Å². The van der Waals surface area contributed by atoms with Gasteiger partial charge in [-0.25, -0.2) is 0 Å². The molecular formula is C27H18O2. The molecule has 0 atom stereocenters. The molecule has 8 rings (SSSR count). The highest BCUT2D eigenvalue weighted by atomic mass is 16.1. The van der Waals surface area contributed by atoms with E-state index in [4.69, 9.17) is 0 Å². The molecule has 3 aromatic rings. The molecule has 0 aliphatic heterocycles. The zero-order valence-electron chi connectivity index (χ0n) is 16.9. The van der Waals surface area contributed by atoms with E-state index in [2.05, 4.69) is 20.8 Å². The van der Waals surface area contributed by atoms with Crippen LogP contribution >= 0.6 is 0 Å². The molecule has 0 amide bonds. The largest absolute Gasteiger partial charge is 0.289 e. The Morgan fingerprint density at radius 1 is 0.414 bits per heavy atom. The Balaban J connectivity index is 1.90. The number of hydrogen-bond donors (Lipinski definition) is 0. The van der Waals surface area contributed by atoms with Crippen LogP contribution in [0, 0.1) is 27.7 Å². The van der Waals surface area contributed by atoms with Crippen molar-refractivity contribution < 1.29 is 0 Å². The maximum absolute atomic E-state index is 13.7. The molecule has 138 valence electrons. The molecule has 29 heavy (non-hydrogen) atoms. The third-order valence-corrected chi connectivity index (χ3v) is 8.74. The van der Waals surface area contributed by atoms with Gasteiger partial charge >= 0.3 is 0 Å². The average molecular weight is 374 g/mol. The lowest BCUT2D eigenvalue weighted by Crippen LogP contribution is -2.28. The molecule has 0 saturated carbocycles. The van der Waals surface area contributed by atoms with Gasteiger partial charge in [0.25, 0.3) is 0 Å². The van der Waals surface area contributed by atoms with Crippen molar-refractivity contribution in [3.8, 4) is 11.1 Å². The Morgan fingerprint density at radius 3 is 1.86 bits per heavy atom. The molecule has 0 radical (unpaired) electrons. The predicted octanol–water partition coefficient (Wildman–Crippen LogP) is 4.79. The molecule has 0 unspecified atom stereocenters. The van der Waals surface area contributed by atoms with E-state index in [1.165, 1.54) is 49.5 Å². The molecule has 0 fully saturated rings. The highest BCUT2D eigenvalue weighted by Gasteiger charge is 2.40. The first-order valence-corrected chi connectivity index (χ1v) is 10.5. The van der Waals surface area contributed by atoms with Crippen LogP contribution in [-0.4, -0.2) is 0 Å². The van der Waals surface area contributed by atoms with E-state index in [9.17, 15) is 9.59 Å². The van der Waals surface area contributed by atoms with Crippen LogP contribution in [0.5, 0.6) is 0 Å². The van der Waals surface area contributed by atoms with Gasteiger partial charge in [-0.1, -0.05) is 0 Å². The first-order chi connectivity index (χ1) is 13.9. The zero-order valence-corrected chi connectivity index (χ0v) is 16.9. The van der Waals surface area contributed by atoms with Crippen LogP contribution in [-0.2, 0) is 19.3 Å². The maximum atomic E-state index is 13.7. The fourth-order valence-corrected chi connectivity index (χ4v) is 7.04. The SMILES string of the molecule is Cc1c2c3c(c(C)c(C)c4c5c6c7c(c(=O)c8c-6c(c(C)c5=O)C8)Cc1c7c34)C2. The maximum Gasteiger partial charge on any atom is 0.190 e. The molecule has 0 N–H and O–H groups in total. The third kappa shape index (κ3) is 1.20. The van der Waals surface area contributed by atoms with Crippen LogP contribution in [0.1, 0.15) is 55.6 Å². The summed E-state index contributed by atoms with van der Waals surface area (Å²) in [5.41, 5.74) is 14.7. The molecule has 5 aliphatic carbocycles. The predicted molar refractivity (Wildman–Crippen MR) is 118 cm³/mol. The molecule has 2 heteroatoms. The molecule has 2 nitrogen and oxygen atoms in total. The molecule has 0 bridgehead atoms. The van der Waals surface area contributed by atoms with Crippen LogP contribution in [0.4, 0.5) is 0 Å². The van der Waals surface area contributed by atoms with E-state index in [0.29, 0.717) is 6.42 Å². The summed E-state index contributed by atoms with van der Waals surface area (Å²) in [6, 6.07) is 0. The minimum absolute atomic E-state index is 0.178. The Morgan fingerprint density at radius 2 is 1.07 bits per heavy atom. The van der Waals surface area contributed by atoms with E-state index >= 15 is 0 Å². The summed E-state index contributed by atoms with van der Waals surface area (Å²) in [5, 5.41) is 7.09. The smallest absolute Gasteiger partial charge is 0.190 e. The van der Waals surface area contributed by atoms with Crippen molar-refractivity contribution in [1.82, 2.24) is 0 Å². The van der Waals surface area contributed by atoms with Gasteiger partial charge in [0.15, 0.2) is 10.9 Å². The van der Waals surface area contributed by atoms with Crippen LogP contribution in [0.3, 0.4) is 0 Å². The summed E-state index contributed by atoms with van der Waals surface area (Å²) in [6.45, 7) is 8.60. The lowest BCUT2D eigenvalue weighted by molar-refractivity contribution is 1.04. The minimum atomic E-state index is 0.178. The van der Waals surface area contributed by atoms with Crippen molar-refractivity contribution in [2.24, 2.45) is 0 Å². The number of aryl methyl sites for hydroxylation is 1. The van der Waals surface area contributed by atoms with Crippen molar-refractivity contribution in [1.29, 1.82) is 0 Å². The van der Waals surface area contributed by atoms with Crippen molar-refractivity contribution in [2.45, 2.75) is 47.0 Å². The van der Waals surface area contributed by atoms with E-state index in [1.807, 2.05) is 6.92 Å². The fraction of sp³-hybridized carbons (Fsp3) is 0.259. The number of benzene rings is 5. The quantitative estimate of drug-likeness (QED) is 0.282. The summed E-state index contributed by atoms with van der Waals surface area (Å²) >= 11 is 0. The van der Waals surface area contributed by atoms with Gasteiger partial charge in [0.05, 0.1) is 0 Å². The molecular weight excluding hydrogens is 356 g/mol. The van der Waals surface area contributed by atoms with Gasteiger partial charge in [-0.15, -0.1) is 0 Å². The fourth-order valence-electron chi connectivity index (χ4n) is 7.04. The van der Waals surface area contributed by atoms with Crippen LogP contribution in [0.25, 0.3) is 43.4 Å². The minimum Gasteiger partial charge on any atom is -0.289 e. The molecule has 0 saturated heterocycles. The first-order valence-electron chi connectivity index (χ1n) is 10.5. The third-order valence-electron chi connectivity index (χ3n) is 8.74. The molecule has 0 heterocycles. The molecule has 3 aromatic carbocycles. The summed E-state index contributed by atoms with van der Waals surface area (Å²) in [6.07, 6.45) is 2.42. The summed E-state index contributed by atoms with van der Waals surface area (Å²) in [5.74, 6) is 0. The summed E-state index contributed by atoms with van der Waals surface area (Å²) < 4.78 is 0. The lowest BCUT2D eigenvalue weighted by Gasteiger charge is -2.33. The second-order valence-corrected chi connectivity index (χ2v) is 9.56. The lowest BCUT2D eigenvalue weighted by atomic mass is 9.69. The van der Waals surface area contributed by atoms with Crippen LogP contribution in [0.2, 0.25) is 0 Å². The van der Waals surface area contributed by atoms with E-state index in [1.54, 1.807) is 0 Å². The van der Waals surface area contributed by atoms with Crippen molar-refractivity contribution >= 4 is 32.3 Å². The standard InChI is InChI=1S/C27H18O2/c1-8-9(2)18-23-19-12(8)5-13(19)10(3)14-6-17-22(21(14)23)24-20-15(7-16(20)27(17)29)11(4)26(28)25(18)24/h5-7H2,1-4H3. The number of rotatable bonds is 0. The highest BCUT2D eigenvalue weighted by molar-refractivity contribution is 6.34. The summed E-state index contributed by atoms with van der Waals surface area (Å²) in [7, 11) is 0. The van der Waals surface area contributed by atoms with E-state index in [0.717, 1.165) is 62.4 Å². The summed E-state index contributed by atoms with van der Waals surface area (Å²) in [4.78, 5) is 27.1. The van der Waals surface area contributed by atoms with Gasteiger partial charge in [-0.05, 0) is 106 Å². The second kappa shape index (κ2) is 4.00. The number of fused-ring (bicyclic) bond motifs is 1. The topological polar surface area (TPSA) is 34.1 Å². The number of hydrogen-bond acceptors (Lipinski definition) is 2. The highest BCUT2D eigenvalue weighted by Crippen LogP contribution is 2.57. The van der Waals surface area contributed by atoms with Gasteiger partial charge in [0.2, 0.25) is 0 Å². The van der Waals surface area contributed by atoms with Gasteiger partial charge in [0.1, 0.15) is 0 Å². The Kier molecular flexibility index (Phi) is 2.06. The van der Waals surface area contributed by atoms with Crippen molar-refractivity contribution in [3.63, 3.8) is 0 Å². The van der Waals surface area contributed by atoms with Crippen molar-refractivity contribution in [3.05, 3.63) is 76.1 Å². The molecule has 0 aromatic heterocycles. The monoisotopic (exact) mass is 374 g/mol. The van der Waals surface area contributed by atoms with Crippen LogP contribution < -0.4 is 10.9 Å². The van der Waals surface area contributed by atoms with Gasteiger partial charge in [-0.3, -0.25) is 9.59 Å². The van der Waals surface area contributed by atoms with Gasteiger partial charge in [0, 0.05) is 40.5 Å². The van der Waals surface area contributed by atoms with Crippen LogP contribution in [0.15, 0.2) is 9.59 Å². The Bertz CT molecular complexity index is 1780. The molecule has 5 aliphatic rings. The average Bonchev–Trinajstić information content (AvgIpc) is 3.04. The second-order valence-electron chi connectivity index (χ2n) is 9.56. The van der Waals surface area contributed by atoms with Crippen molar-refractivity contribution in [2.75, 3.05) is 0 Å². The van der Waals surface area contributed by atoms with E-state index < -0.39 is 0 Å². The van der Waals surface area contributed by atoms with E-state index in [-0.39, 0.29) is 10.9 Å². The molecule has 0 spiro atoms.